The standard InChI is InChI=1S/C26H23N5O3/c1-14(2)23-29-25(33-31-23)18-12-8-9-15(3)22(18)28-24(32)19-13-20(17-10-6-5-7-11-17)27-26-21(19)16(4)30-34-26/h5-14H,1-4H3,(H,28,32). The summed E-state index contributed by atoms with van der Waals surface area (Å²) in [5, 5.41) is 11.7. The third-order valence-corrected chi connectivity index (χ3v) is 5.63. The van der Waals surface area contributed by atoms with Crippen molar-refractivity contribution in [1.82, 2.24) is 20.3 Å². The average molecular weight is 454 g/mol. The zero-order valence-corrected chi connectivity index (χ0v) is 19.3. The maximum Gasteiger partial charge on any atom is 0.260 e. The van der Waals surface area contributed by atoms with Crippen LogP contribution in [0.4, 0.5) is 5.69 Å². The largest absolute Gasteiger partial charge is 0.335 e. The molecule has 8 heteroatoms. The van der Waals surface area contributed by atoms with Gasteiger partial charge in [-0.1, -0.05) is 66.6 Å². The normalized spacial score (nSPS) is 11.3. The Morgan fingerprint density at radius 2 is 1.74 bits per heavy atom. The van der Waals surface area contributed by atoms with Gasteiger partial charge in [-0.15, -0.1) is 0 Å². The number of carbonyl (C=O) groups excluding carboxylic acids is 1. The van der Waals surface area contributed by atoms with E-state index in [-0.39, 0.29) is 11.8 Å². The van der Waals surface area contributed by atoms with E-state index in [1.165, 1.54) is 0 Å². The van der Waals surface area contributed by atoms with Gasteiger partial charge in [0.15, 0.2) is 5.82 Å². The number of amides is 1. The molecule has 0 aliphatic rings. The van der Waals surface area contributed by atoms with Gasteiger partial charge < -0.3 is 14.4 Å². The summed E-state index contributed by atoms with van der Waals surface area (Å²) in [6, 6.07) is 17.0. The molecule has 0 saturated heterocycles. The quantitative estimate of drug-likeness (QED) is 0.351. The second kappa shape index (κ2) is 8.55. The van der Waals surface area contributed by atoms with Gasteiger partial charge in [-0.2, -0.15) is 4.98 Å². The fraction of sp³-hybridized carbons (Fsp3) is 0.192. The summed E-state index contributed by atoms with van der Waals surface area (Å²) < 4.78 is 10.9. The first-order chi connectivity index (χ1) is 16.4. The van der Waals surface area contributed by atoms with E-state index in [4.69, 9.17) is 9.05 Å². The van der Waals surface area contributed by atoms with Crippen molar-refractivity contribution >= 4 is 22.7 Å². The number of fused-ring (bicyclic) bond motifs is 1. The Labute approximate surface area is 196 Å². The van der Waals surface area contributed by atoms with E-state index in [0.29, 0.717) is 51.0 Å². The number of anilines is 1. The van der Waals surface area contributed by atoms with Crippen LogP contribution in [0, 0.1) is 13.8 Å². The van der Waals surface area contributed by atoms with E-state index < -0.39 is 0 Å². The van der Waals surface area contributed by atoms with Crippen LogP contribution in [0.25, 0.3) is 33.8 Å². The molecule has 0 bridgehead atoms. The van der Waals surface area contributed by atoms with Crippen molar-refractivity contribution < 1.29 is 13.8 Å². The first kappa shape index (κ1) is 21.5. The smallest absolute Gasteiger partial charge is 0.260 e. The van der Waals surface area contributed by atoms with Crippen molar-refractivity contribution in [3.8, 4) is 22.7 Å². The molecule has 0 unspecified atom stereocenters. The number of nitrogens with zero attached hydrogens (tertiary/aromatic N) is 4. The predicted octanol–water partition coefficient (Wildman–Crippen LogP) is 5.93. The van der Waals surface area contributed by atoms with Crippen LogP contribution >= 0.6 is 0 Å². The van der Waals surface area contributed by atoms with E-state index >= 15 is 0 Å². The zero-order valence-electron chi connectivity index (χ0n) is 19.3. The van der Waals surface area contributed by atoms with Crippen molar-refractivity contribution in [2.45, 2.75) is 33.6 Å². The molecule has 0 spiro atoms. The van der Waals surface area contributed by atoms with Gasteiger partial charge in [0.2, 0.25) is 0 Å². The van der Waals surface area contributed by atoms with E-state index in [9.17, 15) is 4.79 Å². The molecule has 0 fully saturated rings. The number of aryl methyl sites for hydroxylation is 2. The summed E-state index contributed by atoms with van der Waals surface area (Å²) in [5.74, 6) is 0.777. The molecule has 0 saturated carbocycles. The van der Waals surface area contributed by atoms with E-state index in [0.717, 1.165) is 11.1 Å². The van der Waals surface area contributed by atoms with Crippen LogP contribution in [0.1, 0.15) is 47.2 Å². The Kier molecular flexibility index (Phi) is 5.41. The molecule has 2 aromatic carbocycles. The zero-order chi connectivity index (χ0) is 23.8. The van der Waals surface area contributed by atoms with Crippen LogP contribution < -0.4 is 5.32 Å². The second-order valence-electron chi connectivity index (χ2n) is 8.43. The number of rotatable bonds is 5. The van der Waals surface area contributed by atoms with Gasteiger partial charge >= 0.3 is 0 Å². The molecule has 0 aliphatic carbocycles. The number of carbonyl (C=O) groups is 1. The molecular weight excluding hydrogens is 430 g/mol. The second-order valence-corrected chi connectivity index (χ2v) is 8.43. The molecular formula is C26H23N5O3. The van der Waals surface area contributed by atoms with Crippen LogP contribution in [0.5, 0.6) is 0 Å². The molecule has 0 aliphatic heterocycles. The fourth-order valence-electron chi connectivity index (χ4n) is 3.80. The van der Waals surface area contributed by atoms with Crippen LogP contribution in [-0.2, 0) is 0 Å². The number of aromatic nitrogens is 4. The summed E-state index contributed by atoms with van der Waals surface area (Å²) in [6.45, 7) is 7.69. The van der Waals surface area contributed by atoms with Gasteiger partial charge in [0.05, 0.1) is 33.6 Å². The number of benzene rings is 2. The van der Waals surface area contributed by atoms with E-state index in [1.807, 2.05) is 69.3 Å². The lowest BCUT2D eigenvalue weighted by Gasteiger charge is -2.13. The van der Waals surface area contributed by atoms with Crippen LogP contribution in [0.2, 0.25) is 0 Å². The van der Waals surface area contributed by atoms with Crippen molar-refractivity contribution in [3.05, 3.63) is 77.2 Å². The highest BCUT2D eigenvalue weighted by molar-refractivity contribution is 6.14. The number of para-hydroxylation sites is 1. The molecule has 5 aromatic rings. The molecule has 1 N–H and O–H groups in total. The molecule has 34 heavy (non-hydrogen) atoms. The van der Waals surface area contributed by atoms with Crippen molar-refractivity contribution in [3.63, 3.8) is 0 Å². The third-order valence-electron chi connectivity index (χ3n) is 5.63. The van der Waals surface area contributed by atoms with Gasteiger partial charge in [0.1, 0.15) is 0 Å². The Hall–Kier alpha value is -4.33. The number of hydrogen-bond acceptors (Lipinski definition) is 7. The highest BCUT2D eigenvalue weighted by Gasteiger charge is 2.22. The fourth-order valence-corrected chi connectivity index (χ4v) is 3.80. The van der Waals surface area contributed by atoms with E-state index in [2.05, 4.69) is 25.6 Å². The Morgan fingerprint density at radius 3 is 2.47 bits per heavy atom. The molecule has 5 rings (SSSR count). The lowest BCUT2D eigenvalue weighted by molar-refractivity contribution is 0.102. The van der Waals surface area contributed by atoms with Crippen molar-refractivity contribution in [1.29, 1.82) is 0 Å². The Morgan fingerprint density at radius 1 is 0.941 bits per heavy atom. The number of hydrogen-bond donors (Lipinski definition) is 1. The maximum atomic E-state index is 13.6. The Balaban J connectivity index is 1.59. The van der Waals surface area contributed by atoms with Crippen LogP contribution in [-0.4, -0.2) is 26.2 Å². The van der Waals surface area contributed by atoms with Gasteiger partial charge in [-0.3, -0.25) is 4.79 Å². The topological polar surface area (TPSA) is 107 Å². The highest BCUT2D eigenvalue weighted by Crippen LogP contribution is 2.33. The minimum Gasteiger partial charge on any atom is -0.335 e. The van der Waals surface area contributed by atoms with Gasteiger partial charge in [-0.25, -0.2) is 4.98 Å². The first-order valence-corrected chi connectivity index (χ1v) is 11.0. The molecule has 8 nitrogen and oxygen atoms in total. The molecule has 3 aromatic heterocycles. The monoisotopic (exact) mass is 453 g/mol. The summed E-state index contributed by atoms with van der Waals surface area (Å²) in [4.78, 5) is 22.7. The van der Waals surface area contributed by atoms with Crippen LogP contribution in [0.15, 0.2) is 63.6 Å². The maximum absolute atomic E-state index is 13.6. The summed E-state index contributed by atoms with van der Waals surface area (Å²) in [5.41, 5.74) is 4.95. The van der Waals surface area contributed by atoms with E-state index in [1.54, 1.807) is 13.0 Å². The third kappa shape index (κ3) is 3.83. The lowest BCUT2D eigenvalue weighted by Crippen LogP contribution is -2.15. The highest BCUT2D eigenvalue weighted by atomic mass is 16.5. The first-order valence-electron chi connectivity index (χ1n) is 11.0. The lowest BCUT2D eigenvalue weighted by atomic mass is 10.0. The van der Waals surface area contributed by atoms with Gasteiger partial charge in [0, 0.05) is 11.5 Å². The molecule has 1 amide bonds. The van der Waals surface area contributed by atoms with Crippen molar-refractivity contribution in [2.24, 2.45) is 0 Å². The van der Waals surface area contributed by atoms with Crippen molar-refractivity contribution in [2.75, 3.05) is 5.32 Å². The molecule has 0 radical (unpaired) electrons. The molecule has 0 atom stereocenters. The number of nitrogens with one attached hydrogen (secondary N) is 1. The Bertz CT molecular complexity index is 1500. The number of pyridine rings is 1. The molecule has 3 heterocycles. The SMILES string of the molecule is Cc1cccc(-c2nc(C(C)C)no2)c1NC(=O)c1cc(-c2ccccc2)nc2onc(C)c12. The summed E-state index contributed by atoms with van der Waals surface area (Å²) in [7, 11) is 0. The van der Waals surface area contributed by atoms with Crippen LogP contribution in [0.3, 0.4) is 0 Å². The summed E-state index contributed by atoms with van der Waals surface area (Å²) in [6.07, 6.45) is 0. The predicted molar refractivity (Wildman–Crippen MR) is 128 cm³/mol. The minimum absolute atomic E-state index is 0.124. The van der Waals surface area contributed by atoms with Gasteiger partial charge in [0.25, 0.3) is 17.5 Å². The summed E-state index contributed by atoms with van der Waals surface area (Å²) >= 11 is 0. The molecule has 170 valence electrons. The minimum atomic E-state index is -0.310. The average Bonchev–Trinajstić information content (AvgIpc) is 3.48. The van der Waals surface area contributed by atoms with Gasteiger partial charge in [-0.05, 0) is 31.5 Å².